The summed E-state index contributed by atoms with van der Waals surface area (Å²) in [5.74, 6) is 4.74. The van der Waals surface area contributed by atoms with Gasteiger partial charge in [0, 0.05) is 0 Å². The molecule has 0 saturated heterocycles. The van der Waals surface area contributed by atoms with E-state index >= 15 is 0 Å². The molecule has 1 N–H and O–H groups in total. The van der Waals surface area contributed by atoms with Crippen molar-refractivity contribution in [1.29, 1.82) is 0 Å². The first-order valence-electron chi connectivity index (χ1n) is 9.63. The van der Waals surface area contributed by atoms with Crippen molar-refractivity contribution in [2.45, 2.75) is 84.7 Å². The number of fused-ring (bicyclic) bond motifs is 5. The van der Waals surface area contributed by atoms with Gasteiger partial charge in [-0.1, -0.05) is 20.8 Å². The summed E-state index contributed by atoms with van der Waals surface area (Å²) in [6, 6.07) is 0. The monoisotopic (exact) mass is 290 g/mol. The molecule has 0 aromatic heterocycles. The molecule has 1 heteroatoms. The third-order valence-corrected chi connectivity index (χ3v) is 9.11. The van der Waals surface area contributed by atoms with Gasteiger partial charge in [-0.2, -0.15) is 0 Å². The Labute approximate surface area is 130 Å². The standard InChI is InChI=1S/C20H34O/c1-13-4-7-17-16-6-5-14-12-15(21)8-10-20(14,3)18(16)9-11-19(13,17)2/h13-18,21H,4-12H2,1-3H3/t13-,14-,15+,16-,17-,18-,19+,20-/m0/s1. The zero-order valence-electron chi connectivity index (χ0n) is 14.3. The van der Waals surface area contributed by atoms with E-state index < -0.39 is 0 Å². The molecule has 0 radical (unpaired) electrons. The van der Waals surface area contributed by atoms with Crippen molar-refractivity contribution in [3.63, 3.8) is 0 Å². The van der Waals surface area contributed by atoms with Crippen LogP contribution < -0.4 is 0 Å². The van der Waals surface area contributed by atoms with E-state index in [4.69, 9.17) is 0 Å². The van der Waals surface area contributed by atoms with Crippen LogP contribution in [0.5, 0.6) is 0 Å². The number of aliphatic hydroxyl groups is 1. The zero-order valence-corrected chi connectivity index (χ0v) is 14.3. The van der Waals surface area contributed by atoms with Crippen LogP contribution in [0, 0.1) is 40.4 Å². The molecule has 8 atom stereocenters. The molecule has 4 aliphatic carbocycles. The van der Waals surface area contributed by atoms with Gasteiger partial charge in [-0.05, 0) is 98.2 Å². The maximum Gasteiger partial charge on any atom is 0.0543 e. The van der Waals surface area contributed by atoms with E-state index in [1.165, 1.54) is 44.9 Å². The summed E-state index contributed by atoms with van der Waals surface area (Å²) < 4.78 is 0. The number of aliphatic hydroxyl groups excluding tert-OH is 1. The lowest BCUT2D eigenvalue weighted by atomic mass is 9.45. The van der Waals surface area contributed by atoms with Gasteiger partial charge in [0.1, 0.15) is 0 Å². The lowest BCUT2D eigenvalue weighted by Gasteiger charge is -2.60. The number of hydrogen-bond donors (Lipinski definition) is 1. The summed E-state index contributed by atoms with van der Waals surface area (Å²) >= 11 is 0. The van der Waals surface area contributed by atoms with Crippen LogP contribution in [0.2, 0.25) is 0 Å². The molecule has 4 saturated carbocycles. The summed E-state index contributed by atoms with van der Waals surface area (Å²) in [6.07, 6.45) is 12.2. The molecule has 4 rings (SSSR count). The van der Waals surface area contributed by atoms with Gasteiger partial charge in [-0.25, -0.2) is 0 Å². The second-order valence-electron chi connectivity index (χ2n) is 9.61. The minimum Gasteiger partial charge on any atom is -0.393 e. The van der Waals surface area contributed by atoms with Gasteiger partial charge in [0.25, 0.3) is 0 Å². The molecule has 0 aliphatic heterocycles. The van der Waals surface area contributed by atoms with Gasteiger partial charge in [0.2, 0.25) is 0 Å². The maximum atomic E-state index is 10.1. The molecule has 4 fully saturated rings. The Morgan fingerprint density at radius 1 is 0.810 bits per heavy atom. The molecule has 0 amide bonds. The van der Waals surface area contributed by atoms with Crippen molar-refractivity contribution in [2.75, 3.05) is 0 Å². The second kappa shape index (κ2) is 4.73. The van der Waals surface area contributed by atoms with Gasteiger partial charge in [0.15, 0.2) is 0 Å². The molecule has 21 heavy (non-hydrogen) atoms. The topological polar surface area (TPSA) is 20.2 Å². The lowest BCUT2D eigenvalue weighted by Crippen LogP contribution is -2.53. The summed E-state index contributed by atoms with van der Waals surface area (Å²) in [6.45, 7) is 7.73. The van der Waals surface area contributed by atoms with Crippen molar-refractivity contribution in [3.05, 3.63) is 0 Å². The Hall–Kier alpha value is -0.0400. The molecule has 120 valence electrons. The molecular formula is C20H34O. The predicted octanol–water partition coefficient (Wildman–Crippen LogP) is 5.03. The highest BCUT2D eigenvalue weighted by atomic mass is 16.3. The Balaban J connectivity index is 1.62. The Morgan fingerprint density at radius 2 is 1.52 bits per heavy atom. The second-order valence-corrected chi connectivity index (χ2v) is 9.61. The van der Waals surface area contributed by atoms with Gasteiger partial charge in [-0.3, -0.25) is 0 Å². The minimum atomic E-state index is -0.0000147. The van der Waals surface area contributed by atoms with Crippen LogP contribution in [0.25, 0.3) is 0 Å². The van der Waals surface area contributed by atoms with Gasteiger partial charge in [0.05, 0.1) is 6.10 Å². The van der Waals surface area contributed by atoms with Gasteiger partial charge >= 0.3 is 0 Å². The van der Waals surface area contributed by atoms with Crippen LogP contribution in [0.3, 0.4) is 0 Å². The Kier molecular flexibility index (Phi) is 3.27. The zero-order chi connectivity index (χ0) is 14.8. The minimum absolute atomic E-state index is 0.0000147. The third kappa shape index (κ3) is 1.92. The summed E-state index contributed by atoms with van der Waals surface area (Å²) in [5, 5.41) is 10.1. The van der Waals surface area contributed by atoms with Crippen LogP contribution >= 0.6 is 0 Å². The molecule has 4 aliphatic rings. The maximum absolute atomic E-state index is 10.1. The summed E-state index contributed by atoms with van der Waals surface area (Å²) in [5.41, 5.74) is 1.20. The Morgan fingerprint density at radius 3 is 2.33 bits per heavy atom. The quantitative estimate of drug-likeness (QED) is 0.663. The molecule has 0 aromatic carbocycles. The van der Waals surface area contributed by atoms with Crippen LogP contribution in [-0.4, -0.2) is 11.2 Å². The fourth-order valence-corrected chi connectivity index (χ4v) is 7.50. The van der Waals surface area contributed by atoms with Gasteiger partial charge in [-0.15, -0.1) is 0 Å². The fourth-order valence-electron chi connectivity index (χ4n) is 7.50. The summed E-state index contributed by atoms with van der Waals surface area (Å²) in [4.78, 5) is 0. The van der Waals surface area contributed by atoms with E-state index in [1.807, 2.05) is 0 Å². The van der Waals surface area contributed by atoms with E-state index in [9.17, 15) is 5.11 Å². The van der Waals surface area contributed by atoms with Crippen LogP contribution in [0.15, 0.2) is 0 Å². The molecule has 0 bridgehead atoms. The fraction of sp³-hybridized carbons (Fsp3) is 1.00. The number of hydrogen-bond acceptors (Lipinski definition) is 1. The lowest BCUT2D eigenvalue weighted by molar-refractivity contribution is -0.125. The van der Waals surface area contributed by atoms with Crippen LogP contribution in [0.1, 0.15) is 78.6 Å². The smallest absolute Gasteiger partial charge is 0.0543 e. The Bertz CT molecular complexity index is 418. The van der Waals surface area contributed by atoms with E-state index in [2.05, 4.69) is 20.8 Å². The highest BCUT2D eigenvalue weighted by Gasteiger charge is 2.59. The van der Waals surface area contributed by atoms with Crippen molar-refractivity contribution >= 4 is 0 Å². The van der Waals surface area contributed by atoms with Crippen molar-refractivity contribution < 1.29 is 5.11 Å². The molecular weight excluding hydrogens is 256 g/mol. The first kappa shape index (κ1) is 14.5. The summed E-state index contributed by atoms with van der Waals surface area (Å²) in [7, 11) is 0. The van der Waals surface area contributed by atoms with Crippen molar-refractivity contribution in [3.8, 4) is 0 Å². The average molecular weight is 290 g/mol. The third-order valence-electron chi connectivity index (χ3n) is 9.11. The average Bonchev–Trinajstić information content (AvgIpc) is 2.76. The molecule has 1 nitrogen and oxygen atoms in total. The normalized spacial score (nSPS) is 60.0. The van der Waals surface area contributed by atoms with Crippen molar-refractivity contribution in [2.24, 2.45) is 40.4 Å². The van der Waals surface area contributed by atoms with Crippen molar-refractivity contribution in [1.82, 2.24) is 0 Å². The van der Waals surface area contributed by atoms with Crippen LogP contribution in [-0.2, 0) is 0 Å². The largest absolute Gasteiger partial charge is 0.393 e. The van der Waals surface area contributed by atoms with E-state index in [0.717, 1.165) is 42.4 Å². The molecule has 0 aromatic rings. The van der Waals surface area contributed by atoms with E-state index in [0.29, 0.717) is 10.8 Å². The van der Waals surface area contributed by atoms with Crippen LogP contribution in [0.4, 0.5) is 0 Å². The highest BCUT2D eigenvalue weighted by molar-refractivity contribution is 5.08. The first-order chi connectivity index (χ1) is 9.95. The molecule has 0 heterocycles. The molecule has 0 unspecified atom stereocenters. The first-order valence-corrected chi connectivity index (χ1v) is 9.63. The van der Waals surface area contributed by atoms with Gasteiger partial charge < -0.3 is 5.11 Å². The van der Waals surface area contributed by atoms with E-state index in [-0.39, 0.29) is 6.10 Å². The SMILES string of the molecule is C[C@H]1CC[C@H]2[C@@H]3CC[C@H]4C[C@H](O)CC[C@]4(C)[C@H]3CC[C@]12C. The van der Waals surface area contributed by atoms with E-state index in [1.54, 1.807) is 0 Å². The highest BCUT2D eigenvalue weighted by Crippen LogP contribution is 2.67. The predicted molar refractivity (Wildman–Crippen MR) is 86.9 cm³/mol. The number of rotatable bonds is 0. The molecule has 0 spiro atoms.